The Kier molecular flexibility index (Phi) is 2.43. The van der Waals surface area contributed by atoms with E-state index in [1.54, 1.807) is 0 Å². The highest BCUT2D eigenvalue weighted by Gasteiger charge is 2.42. The van der Waals surface area contributed by atoms with Gasteiger partial charge in [-0.25, -0.2) is 0 Å². The van der Waals surface area contributed by atoms with Gasteiger partial charge in [-0.3, -0.25) is 4.99 Å². The lowest BCUT2D eigenvalue weighted by Gasteiger charge is -2.38. The normalized spacial score (nSPS) is 36.6. The van der Waals surface area contributed by atoms with Gasteiger partial charge in [-0.05, 0) is 36.8 Å². The molecule has 0 N–H and O–H groups in total. The summed E-state index contributed by atoms with van der Waals surface area (Å²) in [7, 11) is 0. The van der Waals surface area contributed by atoms with Crippen LogP contribution in [0.2, 0.25) is 0 Å². The smallest absolute Gasteiger partial charge is 0.0667 e. The van der Waals surface area contributed by atoms with Crippen molar-refractivity contribution in [3.63, 3.8) is 0 Å². The minimum atomic E-state index is 0.220. The van der Waals surface area contributed by atoms with E-state index in [4.69, 9.17) is 0 Å². The molecular formula is C14H16BrN. The van der Waals surface area contributed by atoms with Crippen LogP contribution in [0.15, 0.2) is 29.3 Å². The van der Waals surface area contributed by atoms with Gasteiger partial charge >= 0.3 is 0 Å². The summed E-state index contributed by atoms with van der Waals surface area (Å²) in [5.74, 6) is 0.784. The summed E-state index contributed by atoms with van der Waals surface area (Å²) in [6.07, 6.45) is 5.92. The number of benzene rings is 1. The van der Waals surface area contributed by atoms with E-state index in [2.05, 4.69) is 58.3 Å². The second-order valence-electron chi connectivity index (χ2n) is 5.17. The molecule has 1 aliphatic carbocycles. The quantitative estimate of drug-likeness (QED) is 0.630. The highest BCUT2D eigenvalue weighted by Crippen LogP contribution is 2.48. The molecule has 2 aliphatic rings. The highest BCUT2D eigenvalue weighted by atomic mass is 79.9. The Hall–Kier alpha value is -0.630. The Balaban J connectivity index is 2.00. The number of nitrogens with zero attached hydrogens (tertiary/aromatic N) is 1. The minimum absolute atomic E-state index is 0.220. The summed E-state index contributed by atoms with van der Waals surface area (Å²) in [6.45, 7) is 2.34. The summed E-state index contributed by atoms with van der Waals surface area (Å²) in [5.41, 5.74) is 2.83. The Morgan fingerprint density at radius 1 is 1.38 bits per heavy atom. The van der Waals surface area contributed by atoms with E-state index >= 15 is 0 Å². The second-order valence-corrected chi connectivity index (χ2v) is 6.34. The summed E-state index contributed by atoms with van der Waals surface area (Å²) in [6, 6.07) is 8.59. The Labute approximate surface area is 105 Å². The fourth-order valence-electron chi connectivity index (χ4n) is 2.95. The highest BCUT2D eigenvalue weighted by molar-refractivity contribution is 9.09. The topological polar surface area (TPSA) is 12.4 Å². The van der Waals surface area contributed by atoms with Crippen LogP contribution in [-0.2, 0) is 5.41 Å². The van der Waals surface area contributed by atoms with Gasteiger partial charge in [-0.2, -0.15) is 0 Å². The molecule has 0 bridgehead atoms. The van der Waals surface area contributed by atoms with Crippen molar-refractivity contribution in [3.05, 3.63) is 29.8 Å². The maximum Gasteiger partial charge on any atom is 0.0667 e. The molecule has 1 aliphatic heterocycles. The molecule has 1 aromatic rings. The van der Waals surface area contributed by atoms with Gasteiger partial charge in [0.2, 0.25) is 0 Å². The molecule has 0 aromatic heterocycles. The predicted molar refractivity (Wildman–Crippen MR) is 72.0 cm³/mol. The summed E-state index contributed by atoms with van der Waals surface area (Å²) >= 11 is 3.83. The van der Waals surface area contributed by atoms with Crippen molar-refractivity contribution in [2.45, 2.75) is 36.4 Å². The number of para-hydroxylation sites is 1. The van der Waals surface area contributed by atoms with Gasteiger partial charge in [-0.1, -0.05) is 41.1 Å². The number of alkyl halides is 1. The SMILES string of the molecule is CC1CCC2(C=Nc3ccccc32)CC1Br. The van der Waals surface area contributed by atoms with Gasteiger partial charge < -0.3 is 0 Å². The molecular weight excluding hydrogens is 262 g/mol. The van der Waals surface area contributed by atoms with Crippen LogP contribution in [-0.4, -0.2) is 11.0 Å². The Bertz CT molecular complexity index is 440. The van der Waals surface area contributed by atoms with Crippen molar-refractivity contribution >= 4 is 27.8 Å². The molecule has 0 saturated heterocycles. The van der Waals surface area contributed by atoms with Crippen LogP contribution in [0, 0.1) is 5.92 Å². The third-order valence-corrected chi connectivity index (χ3v) is 5.34. The Morgan fingerprint density at radius 2 is 2.19 bits per heavy atom. The van der Waals surface area contributed by atoms with Crippen molar-refractivity contribution in [2.75, 3.05) is 0 Å². The molecule has 3 atom stereocenters. The third kappa shape index (κ3) is 1.46. The predicted octanol–water partition coefficient (Wildman–Crippen LogP) is 4.22. The molecule has 1 fully saturated rings. The summed E-state index contributed by atoms with van der Waals surface area (Å²) in [4.78, 5) is 5.21. The van der Waals surface area contributed by atoms with Crippen molar-refractivity contribution < 1.29 is 0 Å². The van der Waals surface area contributed by atoms with Gasteiger partial charge in [0.15, 0.2) is 0 Å². The molecule has 0 radical (unpaired) electrons. The first-order valence-corrected chi connectivity index (χ1v) is 6.92. The lowest BCUT2D eigenvalue weighted by atomic mass is 9.68. The molecule has 0 amide bonds. The average molecular weight is 278 g/mol. The van der Waals surface area contributed by atoms with E-state index in [9.17, 15) is 0 Å². The number of rotatable bonds is 0. The van der Waals surface area contributed by atoms with Crippen molar-refractivity contribution in [2.24, 2.45) is 10.9 Å². The number of hydrogen-bond acceptors (Lipinski definition) is 1. The minimum Gasteiger partial charge on any atom is -0.260 e. The second kappa shape index (κ2) is 3.69. The van der Waals surface area contributed by atoms with E-state index < -0.39 is 0 Å². The number of fused-ring (bicyclic) bond motifs is 2. The summed E-state index contributed by atoms with van der Waals surface area (Å²) < 4.78 is 0. The molecule has 3 unspecified atom stereocenters. The molecule has 1 spiro atoms. The molecule has 1 heterocycles. The number of halogens is 1. The van der Waals surface area contributed by atoms with Crippen molar-refractivity contribution in [3.8, 4) is 0 Å². The van der Waals surface area contributed by atoms with Gasteiger partial charge in [0.05, 0.1) is 5.69 Å². The standard InChI is InChI=1S/C14H16BrN/c1-10-6-7-14(8-12(10)15)9-16-13-5-3-2-4-11(13)14/h2-5,9-10,12H,6-8H2,1H3. The maximum atomic E-state index is 4.59. The van der Waals surface area contributed by atoms with E-state index in [1.165, 1.54) is 30.5 Å². The zero-order chi connectivity index (χ0) is 11.2. The van der Waals surface area contributed by atoms with Gasteiger partial charge in [0.25, 0.3) is 0 Å². The van der Waals surface area contributed by atoms with Crippen LogP contribution in [0.3, 0.4) is 0 Å². The van der Waals surface area contributed by atoms with Crippen LogP contribution < -0.4 is 0 Å². The van der Waals surface area contributed by atoms with Crippen LogP contribution in [0.1, 0.15) is 31.7 Å². The van der Waals surface area contributed by atoms with Crippen LogP contribution in [0.5, 0.6) is 0 Å². The molecule has 84 valence electrons. The van der Waals surface area contributed by atoms with Crippen LogP contribution >= 0.6 is 15.9 Å². The molecule has 2 heteroatoms. The first kappa shape index (κ1) is 10.5. The zero-order valence-electron chi connectivity index (χ0n) is 9.49. The fourth-order valence-corrected chi connectivity index (χ4v) is 3.79. The lowest BCUT2D eigenvalue weighted by molar-refractivity contribution is 0.326. The first-order chi connectivity index (χ1) is 7.71. The molecule has 3 rings (SSSR count). The molecule has 1 saturated carbocycles. The molecule has 16 heavy (non-hydrogen) atoms. The monoisotopic (exact) mass is 277 g/mol. The van der Waals surface area contributed by atoms with Crippen LogP contribution in [0.25, 0.3) is 0 Å². The van der Waals surface area contributed by atoms with E-state index in [0.717, 1.165) is 5.92 Å². The first-order valence-electron chi connectivity index (χ1n) is 6.00. The third-order valence-electron chi connectivity index (χ3n) is 4.11. The van der Waals surface area contributed by atoms with Gasteiger partial charge in [-0.15, -0.1) is 0 Å². The van der Waals surface area contributed by atoms with Crippen molar-refractivity contribution in [1.29, 1.82) is 0 Å². The van der Waals surface area contributed by atoms with E-state index in [0.29, 0.717) is 4.83 Å². The number of hydrogen-bond donors (Lipinski definition) is 0. The molecule has 1 nitrogen and oxygen atoms in total. The zero-order valence-corrected chi connectivity index (χ0v) is 11.1. The largest absolute Gasteiger partial charge is 0.260 e. The Morgan fingerprint density at radius 3 is 3.00 bits per heavy atom. The number of aliphatic imine (C=N–C) groups is 1. The summed E-state index contributed by atoms with van der Waals surface area (Å²) in [5, 5.41) is 0. The van der Waals surface area contributed by atoms with Crippen LogP contribution in [0.4, 0.5) is 5.69 Å². The van der Waals surface area contributed by atoms with E-state index in [1.807, 2.05) is 0 Å². The molecule has 1 aromatic carbocycles. The lowest BCUT2D eigenvalue weighted by Crippen LogP contribution is -2.36. The van der Waals surface area contributed by atoms with Gasteiger partial charge in [0, 0.05) is 16.5 Å². The van der Waals surface area contributed by atoms with Gasteiger partial charge in [0.1, 0.15) is 0 Å². The maximum absolute atomic E-state index is 4.59. The van der Waals surface area contributed by atoms with E-state index in [-0.39, 0.29) is 5.41 Å². The average Bonchev–Trinajstić information content (AvgIpc) is 2.65. The van der Waals surface area contributed by atoms with Crippen molar-refractivity contribution in [1.82, 2.24) is 0 Å². The fraction of sp³-hybridized carbons (Fsp3) is 0.500.